The van der Waals surface area contributed by atoms with Crippen molar-refractivity contribution < 1.29 is 18.7 Å². The van der Waals surface area contributed by atoms with E-state index in [2.05, 4.69) is 15.9 Å². The number of carbonyl (C=O) groups is 2. The monoisotopic (exact) mass is 432 g/mol. The van der Waals surface area contributed by atoms with Crippen LogP contribution in [-0.4, -0.2) is 23.5 Å². The Bertz CT molecular complexity index is 1060. The number of halogens is 2. The molecule has 1 unspecified atom stereocenters. The first-order chi connectivity index (χ1) is 12.8. The molecule has 27 heavy (non-hydrogen) atoms. The molecule has 0 radical (unpaired) electrons. The molecular weight excluding hydrogens is 415 g/mol. The molecule has 1 aromatic heterocycles. The SMILES string of the molecule is COc1cc2c(C(C)C(N)=O)c(C)n(C(=O)c3ccc(Br)cc3)c2cc1F. The molecule has 1 heterocycles. The molecular formula is C20H18BrFN2O3. The van der Waals surface area contributed by atoms with E-state index in [1.54, 1.807) is 38.1 Å². The number of rotatable bonds is 4. The van der Waals surface area contributed by atoms with Gasteiger partial charge in [-0.1, -0.05) is 15.9 Å². The third-order valence-electron chi connectivity index (χ3n) is 4.68. The van der Waals surface area contributed by atoms with Gasteiger partial charge in [0.2, 0.25) is 5.91 Å². The third-order valence-corrected chi connectivity index (χ3v) is 5.21. The molecule has 2 aromatic carbocycles. The summed E-state index contributed by atoms with van der Waals surface area (Å²) < 4.78 is 21.7. The average Bonchev–Trinajstić information content (AvgIpc) is 2.91. The van der Waals surface area contributed by atoms with Crippen LogP contribution in [0.4, 0.5) is 4.39 Å². The number of nitrogens with zero attached hydrogens (tertiary/aromatic N) is 1. The van der Waals surface area contributed by atoms with E-state index in [1.807, 2.05) is 0 Å². The second-order valence-corrected chi connectivity index (χ2v) is 7.19. The van der Waals surface area contributed by atoms with Crippen LogP contribution >= 0.6 is 15.9 Å². The molecule has 5 nitrogen and oxygen atoms in total. The van der Waals surface area contributed by atoms with E-state index < -0.39 is 17.6 Å². The van der Waals surface area contributed by atoms with Crippen molar-refractivity contribution in [2.24, 2.45) is 5.73 Å². The quantitative estimate of drug-likeness (QED) is 0.672. The van der Waals surface area contributed by atoms with Gasteiger partial charge in [0.05, 0.1) is 18.5 Å². The maximum Gasteiger partial charge on any atom is 0.262 e. The van der Waals surface area contributed by atoms with Crippen molar-refractivity contribution in [1.82, 2.24) is 4.57 Å². The topological polar surface area (TPSA) is 74.3 Å². The maximum absolute atomic E-state index is 14.4. The van der Waals surface area contributed by atoms with Crippen LogP contribution in [0.15, 0.2) is 40.9 Å². The van der Waals surface area contributed by atoms with E-state index in [0.717, 1.165) is 4.47 Å². The number of hydrogen-bond donors (Lipinski definition) is 1. The minimum atomic E-state index is -0.651. The van der Waals surface area contributed by atoms with Crippen molar-refractivity contribution in [3.05, 3.63) is 63.5 Å². The van der Waals surface area contributed by atoms with Crippen LogP contribution in [0.2, 0.25) is 0 Å². The lowest BCUT2D eigenvalue weighted by molar-refractivity contribution is -0.119. The van der Waals surface area contributed by atoms with Gasteiger partial charge in [0.1, 0.15) is 0 Å². The standard InChI is InChI=1S/C20H18BrFN2O3/c1-10(19(23)25)18-11(2)24(20(26)12-4-6-13(21)7-5-12)16-9-15(22)17(27-3)8-14(16)18/h4-10H,1-3H3,(H2,23,25). The van der Waals surface area contributed by atoms with Crippen LogP contribution in [0, 0.1) is 12.7 Å². The van der Waals surface area contributed by atoms with Gasteiger partial charge in [-0.05, 0) is 49.7 Å². The number of ether oxygens (including phenoxy) is 1. The summed E-state index contributed by atoms with van der Waals surface area (Å²) in [5.41, 5.74) is 7.42. The first-order valence-electron chi connectivity index (χ1n) is 8.24. The molecule has 7 heteroatoms. The number of fused-ring (bicyclic) bond motifs is 1. The first kappa shape index (κ1) is 19.1. The molecule has 1 atom stereocenters. The van der Waals surface area contributed by atoms with Gasteiger partial charge in [0.25, 0.3) is 5.91 Å². The Morgan fingerprint density at radius 3 is 2.41 bits per heavy atom. The summed E-state index contributed by atoms with van der Waals surface area (Å²) in [6.07, 6.45) is 0. The second kappa shape index (κ2) is 7.15. The third kappa shape index (κ3) is 3.23. The van der Waals surface area contributed by atoms with Crippen LogP contribution in [-0.2, 0) is 4.79 Å². The molecule has 0 spiro atoms. The van der Waals surface area contributed by atoms with Gasteiger partial charge in [-0.15, -0.1) is 0 Å². The minimum absolute atomic E-state index is 0.0358. The van der Waals surface area contributed by atoms with Crippen molar-refractivity contribution in [3.63, 3.8) is 0 Å². The van der Waals surface area contributed by atoms with Gasteiger partial charge >= 0.3 is 0 Å². The minimum Gasteiger partial charge on any atom is -0.494 e. The molecule has 0 aliphatic heterocycles. The number of carbonyl (C=O) groups excluding carboxylic acids is 2. The molecule has 3 rings (SSSR count). The van der Waals surface area contributed by atoms with Gasteiger partial charge in [-0.25, -0.2) is 4.39 Å². The molecule has 0 aliphatic rings. The molecule has 0 saturated carbocycles. The van der Waals surface area contributed by atoms with Gasteiger partial charge < -0.3 is 10.5 Å². The fourth-order valence-electron chi connectivity index (χ4n) is 3.27. The lowest BCUT2D eigenvalue weighted by atomic mass is 9.97. The van der Waals surface area contributed by atoms with Crippen LogP contribution in [0.5, 0.6) is 5.75 Å². The molecule has 2 N–H and O–H groups in total. The number of amides is 1. The molecule has 0 fully saturated rings. The molecule has 0 bridgehead atoms. The Morgan fingerprint density at radius 1 is 1.22 bits per heavy atom. The van der Waals surface area contributed by atoms with Crippen LogP contribution in [0.3, 0.4) is 0 Å². The number of primary amides is 1. The predicted octanol–water partition coefficient (Wildman–Crippen LogP) is 4.14. The van der Waals surface area contributed by atoms with Crippen LogP contribution < -0.4 is 10.5 Å². The van der Waals surface area contributed by atoms with E-state index in [-0.39, 0.29) is 11.7 Å². The fourth-order valence-corrected chi connectivity index (χ4v) is 3.53. The zero-order valence-electron chi connectivity index (χ0n) is 15.0. The van der Waals surface area contributed by atoms with Crippen molar-refractivity contribution in [3.8, 4) is 5.75 Å². The van der Waals surface area contributed by atoms with Crippen molar-refractivity contribution in [2.75, 3.05) is 7.11 Å². The lowest BCUT2D eigenvalue weighted by Crippen LogP contribution is -2.20. The first-order valence-corrected chi connectivity index (χ1v) is 9.03. The molecule has 0 aliphatic carbocycles. The highest BCUT2D eigenvalue weighted by molar-refractivity contribution is 9.10. The summed E-state index contributed by atoms with van der Waals surface area (Å²) >= 11 is 3.34. The largest absolute Gasteiger partial charge is 0.494 e. The highest BCUT2D eigenvalue weighted by atomic mass is 79.9. The van der Waals surface area contributed by atoms with Gasteiger partial charge in [0, 0.05) is 27.2 Å². The summed E-state index contributed by atoms with van der Waals surface area (Å²) in [7, 11) is 1.36. The van der Waals surface area contributed by atoms with Crippen molar-refractivity contribution in [1.29, 1.82) is 0 Å². The zero-order valence-corrected chi connectivity index (χ0v) is 16.6. The average molecular weight is 433 g/mol. The molecule has 0 saturated heterocycles. The molecule has 1 amide bonds. The normalized spacial score (nSPS) is 12.2. The van der Waals surface area contributed by atoms with E-state index in [0.29, 0.717) is 27.7 Å². The fraction of sp³-hybridized carbons (Fsp3) is 0.200. The lowest BCUT2D eigenvalue weighted by Gasteiger charge is -2.10. The summed E-state index contributed by atoms with van der Waals surface area (Å²) in [6, 6.07) is 9.60. The van der Waals surface area contributed by atoms with Crippen LogP contribution in [0.25, 0.3) is 10.9 Å². The summed E-state index contributed by atoms with van der Waals surface area (Å²) in [4.78, 5) is 25.0. The Hall–Kier alpha value is -2.67. The summed E-state index contributed by atoms with van der Waals surface area (Å²) in [6.45, 7) is 3.38. The van der Waals surface area contributed by atoms with Gasteiger partial charge in [-0.2, -0.15) is 0 Å². The van der Waals surface area contributed by atoms with E-state index in [4.69, 9.17) is 10.5 Å². The highest BCUT2D eigenvalue weighted by Gasteiger charge is 2.26. The highest BCUT2D eigenvalue weighted by Crippen LogP contribution is 2.36. The van der Waals surface area contributed by atoms with E-state index in [1.165, 1.54) is 23.8 Å². The number of nitrogens with two attached hydrogens (primary N) is 1. The molecule has 3 aromatic rings. The van der Waals surface area contributed by atoms with Gasteiger partial charge in [-0.3, -0.25) is 14.2 Å². The molecule has 140 valence electrons. The summed E-state index contributed by atoms with van der Waals surface area (Å²) in [5.74, 6) is -2.06. The smallest absolute Gasteiger partial charge is 0.262 e. The second-order valence-electron chi connectivity index (χ2n) is 6.27. The Kier molecular flexibility index (Phi) is 5.06. The Morgan fingerprint density at radius 2 is 1.85 bits per heavy atom. The van der Waals surface area contributed by atoms with Crippen LogP contribution in [0.1, 0.15) is 34.5 Å². The van der Waals surface area contributed by atoms with Crippen molar-refractivity contribution in [2.45, 2.75) is 19.8 Å². The number of hydrogen-bond acceptors (Lipinski definition) is 3. The number of benzene rings is 2. The number of aromatic nitrogens is 1. The Labute approximate surface area is 164 Å². The summed E-state index contributed by atoms with van der Waals surface area (Å²) in [5, 5.41) is 0.558. The Balaban J connectivity index is 2.33. The van der Waals surface area contributed by atoms with Crippen molar-refractivity contribution >= 4 is 38.6 Å². The van der Waals surface area contributed by atoms with E-state index in [9.17, 15) is 14.0 Å². The maximum atomic E-state index is 14.4. The predicted molar refractivity (Wildman–Crippen MR) is 105 cm³/mol. The zero-order chi connectivity index (χ0) is 19.9. The number of methoxy groups -OCH3 is 1. The van der Waals surface area contributed by atoms with E-state index >= 15 is 0 Å². The van der Waals surface area contributed by atoms with Gasteiger partial charge in [0.15, 0.2) is 11.6 Å².